The molecule has 0 fully saturated rings. The number of thiazole rings is 1. The zero-order valence-corrected chi connectivity index (χ0v) is 20.1. The molecule has 0 unspecified atom stereocenters. The third-order valence-electron chi connectivity index (χ3n) is 3.86. The molecule has 2 N–H and O–H groups in total. The molecule has 28 heavy (non-hydrogen) atoms. The molecule has 0 saturated carbocycles. The minimum absolute atomic E-state index is 0. The fourth-order valence-corrected chi connectivity index (χ4v) is 3.32. The summed E-state index contributed by atoms with van der Waals surface area (Å²) < 4.78 is 16.3. The summed E-state index contributed by atoms with van der Waals surface area (Å²) in [7, 11) is 4.87. The molecule has 0 aliphatic heterocycles. The molecule has 0 saturated heterocycles. The Kier molecular flexibility index (Phi) is 11.0. The first-order valence-electron chi connectivity index (χ1n) is 8.83. The number of nitrogens with one attached hydrogen (secondary N) is 2. The lowest BCUT2D eigenvalue weighted by molar-refractivity contribution is 0.369. The highest BCUT2D eigenvalue weighted by Gasteiger charge is 2.13. The van der Waals surface area contributed by atoms with Crippen LogP contribution in [0.25, 0.3) is 0 Å². The van der Waals surface area contributed by atoms with Gasteiger partial charge in [-0.25, -0.2) is 9.98 Å². The molecule has 0 spiro atoms. The van der Waals surface area contributed by atoms with Crippen molar-refractivity contribution in [3.63, 3.8) is 0 Å². The Balaban J connectivity index is 0.00000392. The van der Waals surface area contributed by atoms with Crippen molar-refractivity contribution in [3.05, 3.63) is 33.8 Å². The van der Waals surface area contributed by atoms with Crippen molar-refractivity contribution in [2.75, 3.05) is 34.4 Å². The molecule has 2 rings (SSSR count). The summed E-state index contributed by atoms with van der Waals surface area (Å²) in [6.45, 7) is 6.06. The van der Waals surface area contributed by atoms with Crippen LogP contribution in [0.15, 0.2) is 23.3 Å². The molecule has 0 atom stereocenters. The van der Waals surface area contributed by atoms with Gasteiger partial charge >= 0.3 is 0 Å². The highest BCUT2D eigenvalue weighted by atomic mass is 127. The number of nitrogens with zero attached hydrogens (tertiary/aromatic N) is 2. The maximum atomic E-state index is 5.49. The highest BCUT2D eigenvalue weighted by molar-refractivity contribution is 14.0. The topological polar surface area (TPSA) is 77.0 Å². The molecule has 7 nitrogen and oxygen atoms in total. The lowest BCUT2D eigenvalue weighted by Crippen LogP contribution is -2.38. The minimum Gasteiger partial charge on any atom is -0.496 e. The summed E-state index contributed by atoms with van der Waals surface area (Å²) >= 11 is 1.72. The molecule has 0 radical (unpaired) electrons. The number of halogens is 1. The van der Waals surface area contributed by atoms with E-state index in [4.69, 9.17) is 14.2 Å². The largest absolute Gasteiger partial charge is 0.496 e. The average molecular weight is 520 g/mol. The zero-order chi connectivity index (χ0) is 19.6. The third-order valence-corrected chi connectivity index (χ3v) is 4.83. The predicted molar refractivity (Wildman–Crippen MR) is 125 cm³/mol. The standard InChI is InChI=1S/C19H28N4O3S.HI/c1-6-20-19(21-8-7-18-22-11-13(2)27-18)23-12-15-16(25-4)9-14(24-3)10-17(15)26-5;/h9-11H,6-8,12H2,1-5H3,(H2,20,21,23);1H. The molecule has 0 amide bonds. The fourth-order valence-electron chi connectivity index (χ4n) is 2.54. The van der Waals surface area contributed by atoms with Gasteiger partial charge in [-0.2, -0.15) is 0 Å². The Morgan fingerprint density at radius 1 is 1.11 bits per heavy atom. The van der Waals surface area contributed by atoms with Crippen LogP contribution < -0.4 is 24.8 Å². The molecule has 0 aliphatic rings. The van der Waals surface area contributed by atoms with Crippen LogP contribution in [0.2, 0.25) is 0 Å². The van der Waals surface area contributed by atoms with Crippen LogP contribution in [0, 0.1) is 6.92 Å². The van der Waals surface area contributed by atoms with Crippen LogP contribution in [0.4, 0.5) is 0 Å². The van der Waals surface area contributed by atoms with Crippen molar-refractivity contribution in [2.45, 2.75) is 26.8 Å². The van der Waals surface area contributed by atoms with Gasteiger partial charge in [0, 0.05) is 42.7 Å². The number of ether oxygens (including phenoxy) is 3. The van der Waals surface area contributed by atoms with E-state index in [9.17, 15) is 0 Å². The second-order valence-electron chi connectivity index (χ2n) is 5.75. The van der Waals surface area contributed by atoms with E-state index in [0.29, 0.717) is 23.8 Å². The quantitative estimate of drug-likeness (QED) is 0.300. The summed E-state index contributed by atoms with van der Waals surface area (Å²) in [5.41, 5.74) is 0.869. The molecule has 2 aromatic rings. The third kappa shape index (κ3) is 7.01. The lowest BCUT2D eigenvalue weighted by Gasteiger charge is -2.15. The van der Waals surface area contributed by atoms with Gasteiger partial charge in [-0.05, 0) is 13.8 Å². The second kappa shape index (κ2) is 12.7. The molecule has 1 aromatic carbocycles. The number of hydrogen-bond donors (Lipinski definition) is 2. The monoisotopic (exact) mass is 520 g/mol. The summed E-state index contributed by atoms with van der Waals surface area (Å²) in [4.78, 5) is 10.3. The van der Waals surface area contributed by atoms with Crippen LogP contribution in [0.5, 0.6) is 17.2 Å². The number of hydrogen-bond acceptors (Lipinski definition) is 6. The summed E-state index contributed by atoms with van der Waals surface area (Å²) in [5, 5.41) is 7.72. The number of rotatable bonds is 9. The zero-order valence-electron chi connectivity index (χ0n) is 17.0. The van der Waals surface area contributed by atoms with Crippen LogP contribution >= 0.6 is 35.3 Å². The molecular formula is C19H29IN4O3S. The summed E-state index contributed by atoms with van der Waals surface area (Å²) in [5.74, 6) is 2.79. The van der Waals surface area contributed by atoms with E-state index in [1.807, 2.05) is 25.3 Å². The van der Waals surface area contributed by atoms with Crippen molar-refractivity contribution in [1.82, 2.24) is 15.6 Å². The molecule has 156 valence electrons. The minimum atomic E-state index is 0. The molecule has 1 aromatic heterocycles. The van der Waals surface area contributed by atoms with Crippen LogP contribution in [0.3, 0.4) is 0 Å². The van der Waals surface area contributed by atoms with E-state index < -0.39 is 0 Å². The van der Waals surface area contributed by atoms with Gasteiger partial charge in [0.2, 0.25) is 0 Å². The first-order chi connectivity index (χ1) is 13.1. The van der Waals surface area contributed by atoms with Crippen LogP contribution in [0.1, 0.15) is 22.4 Å². The predicted octanol–water partition coefficient (Wildman–Crippen LogP) is 3.39. The van der Waals surface area contributed by atoms with Gasteiger partial charge in [0.05, 0.1) is 38.4 Å². The molecule has 1 heterocycles. The van der Waals surface area contributed by atoms with Gasteiger partial charge in [-0.1, -0.05) is 0 Å². The van der Waals surface area contributed by atoms with E-state index in [-0.39, 0.29) is 24.0 Å². The van der Waals surface area contributed by atoms with Crippen molar-refractivity contribution < 1.29 is 14.2 Å². The van der Waals surface area contributed by atoms with E-state index >= 15 is 0 Å². The van der Waals surface area contributed by atoms with Gasteiger partial charge in [-0.15, -0.1) is 35.3 Å². The number of guanidine groups is 1. The van der Waals surface area contributed by atoms with E-state index in [1.54, 1.807) is 32.7 Å². The normalized spacial score (nSPS) is 10.8. The molecule has 9 heteroatoms. The van der Waals surface area contributed by atoms with Crippen molar-refractivity contribution >= 4 is 41.3 Å². The van der Waals surface area contributed by atoms with Crippen molar-refractivity contribution in [3.8, 4) is 17.2 Å². The summed E-state index contributed by atoms with van der Waals surface area (Å²) in [6.07, 6.45) is 2.76. The lowest BCUT2D eigenvalue weighted by atomic mass is 10.1. The number of aromatic nitrogens is 1. The molecule has 0 bridgehead atoms. The van der Waals surface area contributed by atoms with Gasteiger partial charge in [0.1, 0.15) is 17.2 Å². The van der Waals surface area contributed by atoms with E-state index in [2.05, 4.69) is 27.5 Å². The molecular weight excluding hydrogens is 491 g/mol. The van der Waals surface area contributed by atoms with Gasteiger partial charge in [0.15, 0.2) is 5.96 Å². The smallest absolute Gasteiger partial charge is 0.191 e. The highest BCUT2D eigenvalue weighted by Crippen LogP contribution is 2.34. The van der Waals surface area contributed by atoms with Crippen molar-refractivity contribution in [2.24, 2.45) is 4.99 Å². The Morgan fingerprint density at radius 3 is 2.29 bits per heavy atom. The average Bonchev–Trinajstić information content (AvgIpc) is 3.10. The number of aryl methyl sites for hydroxylation is 1. The Bertz CT molecular complexity index is 742. The Morgan fingerprint density at radius 2 is 1.79 bits per heavy atom. The SMILES string of the molecule is CCNC(=NCc1c(OC)cc(OC)cc1OC)NCCc1ncc(C)s1.I. The maximum Gasteiger partial charge on any atom is 0.191 e. The van der Waals surface area contributed by atoms with Crippen molar-refractivity contribution in [1.29, 1.82) is 0 Å². The van der Waals surface area contributed by atoms with Gasteiger partial charge < -0.3 is 24.8 Å². The number of methoxy groups -OCH3 is 3. The maximum absolute atomic E-state index is 5.49. The summed E-state index contributed by atoms with van der Waals surface area (Å²) in [6, 6.07) is 3.66. The second-order valence-corrected chi connectivity index (χ2v) is 7.07. The van der Waals surface area contributed by atoms with E-state index in [0.717, 1.165) is 36.0 Å². The Labute approximate surface area is 187 Å². The number of benzene rings is 1. The first kappa shape index (κ1) is 24.3. The first-order valence-corrected chi connectivity index (χ1v) is 9.65. The fraction of sp³-hybridized carbons (Fsp3) is 0.474. The van der Waals surface area contributed by atoms with Crippen LogP contribution in [-0.2, 0) is 13.0 Å². The van der Waals surface area contributed by atoms with Crippen LogP contribution in [-0.4, -0.2) is 45.4 Å². The molecule has 0 aliphatic carbocycles. The van der Waals surface area contributed by atoms with Gasteiger partial charge in [-0.3, -0.25) is 0 Å². The van der Waals surface area contributed by atoms with Gasteiger partial charge in [0.25, 0.3) is 0 Å². The van der Waals surface area contributed by atoms with E-state index in [1.165, 1.54) is 4.88 Å². The Hall–Kier alpha value is -1.75. The number of aliphatic imine (C=N–C) groups is 1.